The number of hydrogen-bond donors (Lipinski definition) is 1. The number of hydrogen-bond acceptors (Lipinski definition) is 7. The third kappa shape index (κ3) is 5.60. The number of Topliss-reactive ketones (excluding diaryl/α,β-unsaturated/α-hetero) is 1. The summed E-state index contributed by atoms with van der Waals surface area (Å²) in [5, 5.41) is 3.97. The number of para-hydroxylation sites is 1. The summed E-state index contributed by atoms with van der Waals surface area (Å²) in [4.78, 5) is 42.9. The van der Waals surface area contributed by atoms with Crippen molar-refractivity contribution in [2.24, 2.45) is 0 Å². The Balaban J connectivity index is 1.55. The molecule has 35 heavy (non-hydrogen) atoms. The van der Waals surface area contributed by atoms with Crippen molar-refractivity contribution >= 4 is 40.1 Å². The van der Waals surface area contributed by atoms with Crippen LogP contribution in [-0.4, -0.2) is 29.0 Å². The van der Waals surface area contributed by atoms with E-state index in [1.54, 1.807) is 54.6 Å². The van der Waals surface area contributed by atoms with Crippen molar-refractivity contribution in [1.82, 2.24) is 4.98 Å². The third-order valence-electron chi connectivity index (χ3n) is 5.24. The summed E-state index contributed by atoms with van der Waals surface area (Å²) in [6.45, 7) is 6.11. The quantitative estimate of drug-likeness (QED) is 0.201. The third-order valence-corrected chi connectivity index (χ3v) is 6.22. The number of fused-ring (bicyclic) bond motifs is 1. The Hall–Kier alpha value is -3.91. The number of ether oxygens (including phenoxy) is 1. The number of amides is 1. The normalized spacial score (nSPS) is 10.8. The molecule has 0 spiro atoms. The fourth-order valence-electron chi connectivity index (χ4n) is 3.65. The van der Waals surface area contributed by atoms with E-state index in [1.807, 2.05) is 26.8 Å². The lowest BCUT2D eigenvalue weighted by Crippen LogP contribution is -2.18. The number of anilines is 1. The largest absolute Gasteiger partial charge is 0.494 e. The lowest BCUT2D eigenvalue weighted by Gasteiger charge is -2.13. The van der Waals surface area contributed by atoms with Gasteiger partial charge >= 0.3 is 5.63 Å². The number of benzene rings is 2. The molecule has 2 heterocycles. The average molecular weight is 489 g/mol. The number of aromatic nitrogens is 1. The highest BCUT2D eigenvalue weighted by molar-refractivity contribution is 8.00. The second-order valence-electron chi connectivity index (χ2n) is 7.87. The number of nitrogens with one attached hydrogen (secondary N) is 1. The van der Waals surface area contributed by atoms with Crippen molar-refractivity contribution in [2.75, 3.05) is 17.7 Å². The lowest BCUT2D eigenvalue weighted by atomic mass is 10.1. The molecule has 0 bridgehead atoms. The van der Waals surface area contributed by atoms with E-state index in [0.717, 1.165) is 23.0 Å². The zero-order chi connectivity index (χ0) is 24.9. The SMILES string of the molecule is CCOc1ccc(NC(=O)c2c(C)cc(C)nc2SCC(=O)c2cc3ccccc3oc2=O)cc1. The number of carbonyl (C=O) groups excluding carboxylic acids is 2. The second-order valence-corrected chi connectivity index (χ2v) is 8.83. The van der Waals surface area contributed by atoms with Crippen LogP contribution in [0.2, 0.25) is 0 Å². The molecule has 0 atom stereocenters. The van der Waals surface area contributed by atoms with Crippen molar-refractivity contribution in [1.29, 1.82) is 0 Å². The maximum atomic E-state index is 13.1. The number of aryl methyl sites for hydroxylation is 2. The van der Waals surface area contributed by atoms with E-state index in [9.17, 15) is 14.4 Å². The van der Waals surface area contributed by atoms with Gasteiger partial charge in [0.05, 0.1) is 17.9 Å². The molecule has 2 aromatic carbocycles. The van der Waals surface area contributed by atoms with E-state index in [1.165, 1.54) is 0 Å². The number of carbonyl (C=O) groups is 2. The minimum Gasteiger partial charge on any atom is -0.494 e. The second kappa shape index (κ2) is 10.6. The molecule has 1 N–H and O–H groups in total. The summed E-state index contributed by atoms with van der Waals surface area (Å²) in [6, 6.07) is 17.4. The van der Waals surface area contributed by atoms with E-state index >= 15 is 0 Å². The monoisotopic (exact) mass is 488 g/mol. The van der Waals surface area contributed by atoms with Crippen molar-refractivity contribution in [3.05, 3.63) is 93.5 Å². The van der Waals surface area contributed by atoms with Gasteiger partial charge in [-0.15, -0.1) is 0 Å². The Labute approximate surface area is 206 Å². The van der Waals surface area contributed by atoms with Gasteiger partial charge in [0, 0.05) is 16.8 Å². The van der Waals surface area contributed by atoms with Crippen molar-refractivity contribution in [2.45, 2.75) is 25.8 Å². The van der Waals surface area contributed by atoms with E-state index in [4.69, 9.17) is 9.15 Å². The van der Waals surface area contributed by atoms with Crippen LogP contribution in [-0.2, 0) is 0 Å². The van der Waals surface area contributed by atoms with Gasteiger partial charge in [0.25, 0.3) is 5.91 Å². The highest BCUT2D eigenvalue weighted by Crippen LogP contribution is 2.27. The number of pyridine rings is 1. The molecule has 1 amide bonds. The number of ketones is 1. The summed E-state index contributed by atoms with van der Waals surface area (Å²) in [5.74, 6) is -0.0817. The van der Waals surface area contributed by atoms with Gasteiger partial charge in [-0.3, -0.25) is 9.59 Å². The topological polar surface area (TPSA) is 98.5 Å². The van der Waals surface area contributed by atoms with Crippen LogP contribution in [0, 0.1) is 13.8 Å². The molecule has 0 aliphatic heterocycles. The molecular weight excluding hydrogens is 464 g/mol. The fraction of sp³-hybridized carbons (Fsp3) is 0.185. The van der Waals surface area contributed by atoms with Crippen LogP contribution in [0.25, 0.3) is 11.0 Å². The predicted octanol–water partition coefficient (Wildman–Crippen LogP) is 5.43. The molecule has 0 saturated carbocycles. The van der Waals surface area contributed by atoms with Crippen LogP contribution in [0.4, 0.5) is 5.69 Å². The Morgan fingerprint density at radius 2 is 1.80 bits per heavy atom. The van der Waals surface area contributed by atoms with Gasteiger partial charge in [-0.05, 0) is 68.8 Å². The van der Waals surface area contributed by atoms with E-state index in [-0.39, 0.29) is 17.2 Å². The first-order valence-corrected chi connectivity index (χ1v) is 12.1. The number of rotatable bonds is 8. The summed E-state index contributed by atoms with van der Waals surface area (Å²) < 4.78 is 10.7. The van der Waals surface area contributed by atoms with Crippen LogP contribution >= 0.6 is 11.8 Å². The first-order chi connectivity index (χ1) is 16.9. The highest BCUT2D eigenvalue weighted by atomic mass is 32.2. The standard InChI is InChI=1S/C27H24N2O5S/c1-4-33-20-11-9-19(10-12-20)29-25(31)24-16(2)13-17(3)28-26(24)35-15-22(30)21-14-18-7-5-6-8-23(18)34-27(21)32/h5-14H,4,15H2,1-3H3,(H,29,31). The first-order valence-electron chi connectivity index (χ1n) is 11.1. The van der Waals surface area contributed by atoms with Gasteiger partial charge in [0.15, 0.2) is 5.78 Å². The Bertz CT molecular complexity index is 1460. The molecule has 8 heteroatoms. The van der Waals surface area contributed by atoms with Gasteiger partial charge in [0.1, 0.15) is 21.9 Å². The molecule has 178 valence electrons. The van der Waals surface area contributed by atoms with Crippen molar-refractivity contribution in [3.63, 3.8) is 0 Å². The van der Waals surface area contributed by atoms with Crippen LogP contribution < -0.4 is 15.7 Å². The van der Waals surface area contributed by atoms with E-state index < -0.39 is 11.4 Å². The minimum atomic E-state index is -0.684. The fourth-order valence-corrected chi connectivity index (χ4v) is 4.68. The van der Waals surface area contributed by atoms with Crippen LogP contribution in [0.15, 0.2) is 74.9 Å². The smallest absolute Gasteiger partial charge is 0.347 e. The summed E-state index contributed by atoms with van der Waals surface area (Å²) in [7, 11) is 0. The average Bonchev–Trinajstić information content (AvgIpc) is 2.83. The van der Waals surface area contributed by atoms with Gasteiger partial charge < -0.3 is 14.5 Å². The molecule has 0 aliphatic rings. The zero-order valence-electron chi connectivity index (χ0n) is 19.6. The predicted molar refractivity (Wildman–Crippen MR) is 137 cm³/mol. The van der Waals surface area contributed by atoms with Crippen molar-refractivity contribution < 1.29 is 18.7 Å². The highest BCUT2D eigenvalue weighted by Gasteiger charge is 2.20. The minimum absolute atomic E-state index is 0.0269. The Morgan fingerprint density at radius 3 is 2.54 bits per heavy atom. The molecule has 7 nitrogen and oxygen atoms in total. The maximum Gasteiger partial charge on any atom is 0.347 e. The van der Waals surface area contributed by atoms with Gasteiger partial charge in [0.2, 0.25) is 0 Å². The molecule has 0 saturated heterocycles. The summed E-state index contributed by atoms with van der Waals surface area (Å²) in [5.41, 5.74) is 2.16. The molecule has 4 aromatic rings. The molecule has 0 radical (unpaired) electrons. The first kappa shape index (κ1) is 24.2. The lowest BCUT2D eigenvalue weighted by molar-refractivity contribution is 0.101. The molecule has 2 aromatic heterocycles. The maximum absolute atomic E-state index is 13.1. The van der Waals surface area contributed by atoms with Crippen LogP contribution in [0.5, 0.6) is 5.75 Å². The molecular formula is C27H24N2O5S. The molecule has 4 rings (SSSR count). The van der Waals surface area contributed by atoms with Gasteiger partial charge in [-0.25, -0.2) is 9.78 Å². The Kier molecular flexibility index (Phi) is 7.31. The Morgan fingerprint density at radius 1 is 1.06 bits per heavy atom. The van der Waals surface area contributed by atoms with Gasteiger partial charge in [-0.1, -0.05) is 30.0 Å². The van der Waals surface area contributed by atoms with E-state index in [0.29, 0.717) is 39.6 Å². The number of nitrogens with zero attached hydrogens (tertiary/aromatic N) is 1. The number of thioether (sulfide) groups is 1. The molecule has 0 aliphatic carbocycles. The van der Waals surface area contributed by atoms with Crippen LogP contribution in [0.1, 0.15) is 38.9 Å². The summed E-state index contributed by atoms with van der Waals surface area (Å²) >= 11 is 1.12. The van der Waals surface area contributed by atoms with E-state index in [2.05, 4.69) is 10.3 Å². The zero-order valence-corrected chi connectivity index (χ0v) is 20.4. The van der Waals surface area contributed by atoms with Crippen LogP contribution in [0.3, 0.4) is 0 Å². The summed E-state index contributed by atoms with van der Waals surface area (Å²) in [6.07, 6.45) is 0. The molecule has 0 fully saturated rings. The molecule has 0 unspecified atom stereocenters. The van der Waals surface area contributed by atoms with Gasteiger partial charge in [-0.2, -0.15) is 0 Å². The van der Waals surface area contributed by atoms with Crippen molar-refractivity contribution in [3.8, 4) is 5.75 Å².